The third-order valence-corrected chi connectivity index (χ3v) is 8.63. The van der Waals surface area contributed by atoms with E-state index in [0.717, 1.165) is 39.4 Å². The van der Waals surface area contributed by atoms with Gasteiger partial charge in [0, 0.05) is 54.6 Å². The number of hydrogen-bond donors (Lipinski definition) is 4. The van der Waals surface area contributed by atoms with Crippen LogP contribution in [-0.4, -0.2) is 59.7 Å². The summed E-state index contributed by atoms with van der Waals surface area (Å²) in [7, 11) is 2.92. The molecule has 9 nitrogen and oxygen atoms in total. The Kier molecular flexibility index (Phi) is 11.7. The summed E-state index contributed by atoms with van der Waals surface area (Å²) in [6.07, 6.45) is -3.91. The topological polar surface area (TPSA) is 118 Å². The van der Waals surface area contributed by atoms with E-state index in [1.807, 2.05) is 42.5 Å². The summed E-state index contributed by atoms with van der Waals surface area (Å²) < 4.78 is 59.9. The van der Waals surface area contributed by atoms with Crippen molar-refractivity contribution in [2.75, 3.05) is 27.3 Å². The van der Waals surface area contributed by atoms with E-state index in [4.69, 9.17) is 25.8 Å². The van der Waals surface area contributed by atoms with Crippen LogP contribution in [0.4, 0.5) is 13.2 Å². The molecule has 0 saturated carbocycles. The SMILES string of the molecule is COc1cc(-c2nccc(-c3cccc4c3CC[C@@H]4Oc3nc(OC)c(CNCC(C)O)cc3C(F)(F)F)c2Cl)ccc1CNCC(C)O. The second-order valence-corrected chi connectivity index (χ2v) is 12.4. The standard InChI is InChI=1S/C36H40ClF3N4O5/c1-20(45)16-41-18-23-9-8-22(15-31(23)47-3)33-32(37)28(12-13-43-33)25-6-5-7-27-26(25)10-11-30(27)49-35-29(36(38,39)40)14-24(34(44-35)48-4)19-42-17-21(2)46/h5-9,12-15,20-21,30,41-42,45-46H,10-11,16-19H2,1-4H3/t20?,21?,30-/m0/s1. The Balaban J connectivity index is 1.45. The molecule has 4 aromatic rings. The van der Waals surface area contributed by atoms with Gasteiger partial charge in [0.2, 0.25) is 11.8 Å². The van der Waals surface area contributed by atoms with Crippen molar-refractivity contribution in [2.45, 2.75) is 64.3 Å². The zero-order valence-corrected chi connectivity index (χ0v) is 28.5. The van der Waals surface area contributed by atoms with Gasteiger partial charge >= 0.3 is 6.18 Å². The average Bonchev–Trinajstić information content (AvgIpc) is 3.47. The summed E-state index contributed by atoms with van der Waals surface area (Å²) in [4.78, 5) is 8.72. The molecular formula is C36H40ClF3N4O5. The summed E-state index contributed by atoms with van der Waals surface area (Å²) >= 11 is 7.03. The van der Waals surface area contributed by atoms with Crippen molar-refractivity contribution in [1.82, 2.24) is 20.6 Å². The molecule has 0 bridgehead atoms. The minimum Gasteiger partial charge on any atom is -0.496 e. The highest BCUT2D eigenvalue weighted by Crippen LogP contribution is 2.45. The Morgan fingerprint density at radius 1 is 0.918 bits per heavy atom. The Labute approximate surface area is 288 Å². The van der Waals surface area contributed by atoms with Crippen molar-refractivity contribution in [3.05, 3.63) is 87.6 Å². The van der Waals surface area contributed by atoms with Crippen LogP contribution in [0.1, 0.15) is 54.2 Å². The highest BCUT2D eigenvalue weighted by Gasteiger charge is 2.38. The molecule has 49 heavy (non-hydrogen) atoms. The van der Waals surface area contributed by atoms with Crippen molar-refractivity contribution in [2.24, 2.45) is 0 Å². The van der Waals surface area contributed by atoms with E-state index in [0.29, 0.717) is 42.4 Å². The first-order valence-electron chi connectivity index (χ1n) is 15.9. The molecule has 0 saturated heterocycles. The van der Waals surface area contributed by atoms with Crippen molar-refractivity contribution in [3.8, 4) is 39.9 Å². The molecule has 262 valence electrons. The molecule has 1 aliphatic carbocycles. The lowest BCUT2D eigenvalue weighted by Gasteiger charge is -2.21. The summed E-state index contributed by atoms with van der Waals surface area (Å²) in [5.74, 6) is 0.0893. The van der Waals surface area contributed by atoms with Crippen LogP contribution in [0.15, 0.2) is 54.7 Å². The minimum atomic E-state index is -4.73. The number of alkyl halides is 3. The van der Waals surface area contributed by atoms with Crippen LogP contribution in [0.2, 0.25) is 5.02 Å². The number of rotatable bonds is 14. The number of aromatic nitrogens is 2. The molecule has 5 rings (SSSR count). The summed E-state index contributed by atoms with van der Waals surface area (Å²) in [6, 6.07) is 14.1. The van der Waals surface area contributed by atoms with Crippen LogP contribution in [0, 0.1) is 0 Å². The third kappa shape index (κ3) is 8.45. The predicted molar refractivity (Wildman–Crippen MR) is 181 cm³/mol. The zero-order valence-electron chi connectivity index (χ0n) is 27.7. The van der Waals surface area contributed by atoms with Gasteiger partial charge in [-0.1, -0.05) is 41.9 Å². The molecule has 4 N–H and O–H groups in total. The van der Waals surface area contributed by atoms with Gasteiger partial charge in [0.25, 0.3) is 0 Å². The molecule has 0 spiro atoms. The summed E-state index contributed by atoms with van der Waals surface area (Å²) in [6.45, 7) is 4.44. The van der Waals surface area contributed by atoms with Gasteiger partial charge in [-0.3, -0.25) is 4.98 Å². The smallest absolute Gasteiger partial charge is 0.421 e. The minimum absolute atomic E-state index is 0.00449. The van der Waals surface area contributed by atoms with Crippen molar-refractivity contribution in [1.29, 1.82) is 0 Å². The van der Waals surface area contributed by atoms with Crippen LogP contribution in [-0.2, 0) is 25.7 Å². The quantitative estimate of drug-likeness (QED) is 0.117. The number of aliphatic hydroxyl groups excluding tert-OH is 2. The normalized spacial score (nSPS) is 15.5. The fourth-order valence-corrected chi connectivity index (χ4v) is 6.29. The molecule has 2 heterocycles. The monoisotopic (exact) mass is 700 g/mol. The van der Waals surface area contributed by atoms with Gasteiger partial charge in [0.1, 0.15) is 17.4 Å². The summed E-state index contributed by atoms with van der Waals surface area (Å²) in [5.41, 5.74) is 4.64. The molecular weight excluding hydrogens is 661 g/mol. The largest absolute Gasteiger partial charge is 0.496 e. The number of pyridine rings is 2. The van der Waals surface area contributed by atoms with Gasteiger partial charge in [-0.15, -0.1) is 0 Å². The van der Waals surface area contributed by atoms with Crippen LogP contribution >= 0.6 is 11.6 Å². The van der Waals surface area contributed by atoms with Crippen LogP contribution in [0.3, 0.4) is 0 Å². The maximum absolute atomic E-state index is 14.3. The van der Waals surface area contributed by atoms with Gasteiger partial charge < -0.3 is 35.1 Å². The van der Waals surface area contributed by atoms with Crippen LogP contribution in [0.5, 0.6) is 17.5 Å². The molecule has 2 aromatic carbocycles. The second-order valence-electron chi connectivity index (χ2n) is 12.0. The molecule has 0 aliphatic heterocycles. The van der Waals surface area contributed by atoms with E-state index in [-0.39, 0.29) is 24.5 Å². The maximum Gasteiger partial charge on any atom is 0.421 e. The van der Waals surface area contributed by atoms with Crippen LogP contribution < -0.4 is 24.8 Å². The van der Waals surface area contributed by atoms with Crippen molar-refractivity contribution >= 4 is 11.6 Å². The molecule has 1 aliphatic rings. The molecule has 0 fully saturated rings. The van der Waals surface area contributed by atoms with Crippen molar-refractivity contribution < 1.29 is 37.6 Å². The lowest BCUT2D eigenvalue weighted by molar-refractivity contribution is -0.139. The first kappa shape index (κ1) is 36.3. The fourth-order valence-electron chi connectivity index (χ4n) is 5.97. The van der Waals surface area contributed by atoms with Gasteiger partial charge in [-0.2, -0.15) is 18.2 Å². The highest BCUT2D eigenvalue weighted by atomic mass is 35.5. The Bertz CT molecular complexity index is 1770. The number of aliphatic hydroxyl groups is 2. The first-order valence-corrected chi connectivity index (χ1v) is 16.3. The number of methoxy groups -OCH3 is 2. The van der Waals surface area contributed by atoms with E-state index < -0.39 is 35.9 Å². The number of nitrogens with zero attached hydrogens (tertiary/aromatic N) is 2. The lowest BCUT2D eigenvalue weighted by atomic mass is 9.95. The number of benzene rings is 2. The molecule has 0 amide bonds. The molecule has 3 atom stereocenters. The number of halogens is 4. The number of hydrogen-bond acceptors (Lipinski definition) is 9. The summed E-state index contributed by atoms with van der Waals surface area (Å²) in [5, 5.41) is 25.6. The predicted octanol–water partition coefficient (Wildman–Crippen LogP) is 6.51. The fraction of sp³-hybridized carbons (Fsp3) is 0.389. The Hall–Kier alpha value is -3.94. The van der Waals surface area contributed by atoms with E-state index in [1.54, 1.807) is 27.2 Å². The second kappa shape index (κ2) is 15.7. The number of ether oxygens (including phenoxy) is 3. The van der Waals surface area contributed by atoms with Gasteiger partial charge in [-0.25, -0.2) is 0 Å². The van der Waals surface area contributed by atoms with Crippen LogP contribution in [0.25, 0.3) is 22.4 Å². The zero-order chi connectivity index (χ0) is 35.3. The lowest BCUT2D eigenvalue weighted by Crippen LogP contribution is -2.24. The third-order valence-electron chi connectivity index (χ3n) is 8.25. The van der Waals surface area contributed by atoms with E-state index >= 15 is 0 Å². The van der Waals surface area contributed by atoms with E-state index in [9.17, 15) is 23.4 Å². The molecule has 0 radical (unpaired) electrons. The van der Waals surface area contributed by atoms with Gasteiger partial charge in [0.15, 0.2) is 0 Å². The molecule has 2 unspecified atom stereocenters. The molecule has 13 heteroatoms. The maximum atomic E-state index is 14.3. The van der Waals surface area contributed by atoms with Crippen molar-refractivity contribution in [3.63, 3.8) is 0 Å². The Morgan fingerprint density at radius 2 is 1.63 bits per heavy atom. The van der Waals surface area contributed by atoms with Gasteiger partial charge in [0.05, 0.1) is 37.1 Å². The number of fused-ring (bicyclic) bond motifs is 1. The molecule has 2 aromatic heterocycles. The van der Waals surface area contributed by atoms with E-state index in [2.05, 4.69) is 20.6 Å². The average molecular weight is 701 g/mol. The van der Waals surface area contributed by atoms with E-state index in [1.165, 1.54) is 7.11 Å². The highest BCUT2D eigenvalue weighted by molar-refractivity contribution is 6.35. The first-order chi connectivity index (χ1) is 23.4. The number of nitrogens with one attached hydrogen (secondary N) is 2. The van der Waals surface area contributed by atoms with Gasteiger partial charge in [-0.05, 0) is 61.6 Å². The Morgan fingerprint density at radius 3 is 2.29 bits per heavy atom.